The summed E-state index contributed by atoms with van der Waals surface area (Å²) in [5, 5.41) is 0. The van der Waals surface area contributed by atoms with Gasteiger partial charge in [0.15, 0.2) is 0 Å². The van der Waals surface area contributed by atoms with Gasteiger partial charge in [-0.15, -0.1) is 0 Å². The van der Waals surface area contributed by atoms with Crippen LogP contribution in [0.3, 0.4) is 0 Å². The van der Waals surface area contributed by atoms with Crippen molar-refractivity contribution in [2.45, 2.75) is 92.1 Å². The Bertz CT molecular complexity index is 338. The Balaban J connectivity index is 4.16. The maximum atomic E-state index is 6.21. The molecule has 176 valence electrons. The molecule has 0 radical (unpaired) electrons. The molecule has 0 rings (SSSR count). The highest BCUT2D eigenvalue weighted by atomic mass is 16.5. The van der Waals surface area contributed by atoms with Gasteiger partial charge < -0.3 is 19.1 Å². The van der Waals surface area contributed by atoms with Crippen molar-refractivity contribution in [3.63, 3.8) is 0 Å². The minimum absolute atomic E-state index is 0.129. The molecule has 0 unspecified atom stereocenters. The first-order valence-electron chi connectivity index (χ1n) is 12.4. The molecule has 4 heteroatoms. The lowest BCUT2D eigenvalue weighted by Gasteiger charge is -2.25. The molecule has 0 aliphatic heterocycles. The van der Waals surface area contributed by atoms with Crippen LogP contribution in [0.1, 0.15) is 86.0 Å². The number of nitrogens with zero attached hydrogens (tertiary/aromatic N) is 1. The standard InChI is InChI=1S/C25H53NO3/c1-8-12-14-23(10-3)19-27-17-22(5)18-29-25(16-26(6)7)21-28-20-24(11-4)15-13-9-2/h22-25H,8-21H2,1-7H3/t22-,23-,24-,25-/m0/s1. The summed E-state index contributed by atoms with van der Waals surface area (Å²) in [6, 6.07) is 0. The van der Waals surface area contributed by atoms with Gasteiger partial charge in [-0.05, 0) is 38.8 Å². The molecule has 0 aliphatic rings. The zero-order chi connectivity index (χ0) is 21.9. The minimum Gasteiger partial charge on any atom is -0.381 e. The van der Waals surface area contributed by atoms with E-state index < -0.39 is 0 Å². The number of unbranched alkanes of at least 4 members (excludes halogenated alkanes) is 2. The van der Waals surface area contributed by atoms with E-state index in [-0.39, 0.29) is 6.10 Å². The first-order valence-corrected chi connectivity index (χ1v) is 12.4. The zero-order valence-corrected chi connectivity index (χ0v) is 20.9. The Kier molecular flexibility index (Phi) is 19.7. The summed E-state index contributed by atoms with van der Waals surface area (Å²) in [6.45, 7) is 16.1. The minimum atomic E-state index is 0.129. The molecule has 0 aromatic heterocycles. The van der Waals surface area contributed by atoms with Gasteiger partial charge in [0.05, 0.1) is 25.9 Å². The lowest BCUT2D eigenvalue weighted by atomic mass is 10.0. The van der Waals surface area contributed by atoms with E-state index in [9.17, 15) is 0 Å². The Morgan fingerprint density at radius 3 is 1.66 bits per heavy atom. The van der Waals surface area contributed by atoms with Crippen molar-refractivity contribution >= 4 is 0 Å². The number of likely N-dealkylation sites (N-methyl/N-ethyl adjacent to an activating group) is 1. The molecular formula is C25H53NO3. The maximum Gasteiger partial charge on any atom is 0.0934 e. The third-order valence-electron chi connectivity index (χ3n) is 5.69. The molecule has 0 heterocycles. The largest absolute Gasteiger partial charge is 0.381 e. The smallest absolute Gasteiger partial charge is 0.0934 e. The van der Waals surface area contributed by atoms with Crippen LogP contribution in [-0.2, 0) is 14.2 Å². The maximum absolute atomic E-state index is 6.21. The Morgan fingerprint density at radius 1 is 0.690 bits per heavy atom. The van der Waals surface area contributed by atoms with E-state index in [0.29, 0.717) is 24.4 Å². The van der Waals surface area contributed by atoms with E-state index >= 15 is 0 Å². The van der Waals surface area contributed by atoms with Crippen molar-refractivity contribution in [2.75, 3.05) is 53.7 Å². The first kappa shape index (κ1) is 28.8. The van der Waals surface area contributed by atoms with Crippen molar-refractivity contribution < 1.29 is 14.2 Å². The van der Waals surface area contributed by atoms with Gasteiger partial charge in [0.2, 0.25) is 0 Å². The van der Waals surface area contributed by atoms with Crippen LogP contribution in [-0.4, -0.2) is 64.7 Å². The van der Waals surface area contributed by atoms with Crippen LogP contribution < -0.4 is 0 Å². The third kappa shape index (κ3) is 17.2. The van der Waals surface area contributed by atoms with Crippen LogP contribution in [0.15, 0.2) is 0 Å². The second-order valence-electron chi connectivity index (χ2n) is 9.23. The molecule has 29 heavy (non-hydrogen) atoms. The van der Waals surface area contributed by atoms with Crippen LogP contribution in [0.25, 0.3) is 0 Å². The van der Waals surface area contributed by atoms with E-state index in [1.165, 1.54) is 51.4 Å². The van der Waals surface area contributed by atoms with Gasteiger partial charge in [-0.3, -0.25) is 0 Å². The quantitative estimate of drug-likeness (QED) is 0.229. The summed E-state index contributed by atoms with van der Waals surface area (Å²) in [4.78, 5) is 2.18. The van der Waals surface area contributed by atoms with Gasteiger partial charge in [-0.25, -0.2) is 0 Å². The number of ether oxygens (including phenoxy) is 3. The SMILES string of the molecule is CCCC[C@H](CC)COC[C@H](C)CO[C@H](COC[C@@H](CC)CCCC)CN(C)C. The summed E-state index contributed by atoms with van der Waals surface area (Å²) in [7, 11) is 4.19. The fourth-order valence-electron chi connectivity index (χ4n) is 3.51. The molecular weight excluding hydrogens is 362 g/mol. The average Bonchev–Trinajstić information content (AvgIpc) is 2.70. The molecule has 0 saturated heterocycles. The van der Waals surface area contributed by atoms with E-state index in [1.54, 1.807) is 0 Å². The van der Waals surface area contributed by atoms with Crippen LogP contribution in [0.5, 0.6) is 0 Å². The Labute approximate surface area is 183 Å². The summed E-state index contributed by atoms with van der Waals surface area (Å²) in [6.07, 6.45) is 10.2. The molecule has 0 saturated carbocycles. The molecule has 0 fully saturated rings. The molecule has 0 spiro atoms. The second-order valence-corrected chi connectivity index (χ2v) is 9.23. The Hall–Kier alpha value is -0.160. The van der Waals surface area contributed by atoms with E-state index in [0.717, 1.165) is 33.0 Å². The lowest BCUT2D eigenvalue weighted by Crippen LogP contribution is -2.34. The summed E-state index contributed by atoms with van der Waals surface area (Å²) in [5.41, 5.74) is 0. The van der Waals surface area contributed by atoms with E-state index in [4.69, 9.17) is 14.2 Å². The van der Waals surface area contributed by atoms with Crippen molar-refractivity contribution in [1.29, 1.82) is 0 Å². The topological polar surface area (TPSA) is 30.9 Å². The highest BCUT2D eigenvalue weighted by molar-refractivity contribution is 4.64. The lowest BCUT2D eigenvalue weighted by molar-refractivity contribution is -0.0540. The predicted molar refractivity (Wildman–Crippen MR) is 126 cm³/mol. The van der Waals surface area contributed by atoms with Gasteiger partial charge in [-0.1, -0.05) is 73.1 Å². The van der Waals surface area contributed by atoms with E-state index in [2.05, 4.69) is 53.6 Å². The number of rotatable bonds is 21. The summed E-state index contributed by atoms with van der Waals surface area (Å²) >= 11 is 0. The summed E-state index contributed by atoms with van der Waals surface area (Å²) in [5.74, 6) is 1.80. The number of hydrogen-bond acceptors (Lipinski definition) is 4. The monoisotopic (exact) mass is 415 g/mol. The van der Waals surface area contributed by atoms with Gasteiger partial charge in [0.25, 0.3) is 0 Å². The van der Waals surface area contributed by atoms with Crippen molar-refractivity contribution in [1.82, 2.24) is 4.90 Å². The van der Waals surface area contributed by atoms with Gasteiger partial charge in [-0.2, -0.15) is 0 Å². The van der Waals surface area contributed by atoms with E-state index in [1.807, 2.05) is 0 Å². The van der Waals surface area contributed by atoms with Crippen molar-refractivity contribution in [2.24, 2.45) is 17.8 Å². The molecule has 0 aromatic rings. The van der Waals surface area contributed by atoms with Crippen molar-refractivity contribution in [3.8, 4) is 0 Å². The van der Waals surface area contributed by atoms with Crippen LogP contribution in [0.2, 0.25) is 0 Å². The first-order chi connectivity index (χ1) is 14.0. The van der Waals surface area contributed by atoms with Gasteiger partial charge >= 0.3 is 0 Å². The van der Waals surface area contributed by atoms with Crippen LogP contribution >= 0.6 is 0 Å². The van der Waals surface area contributed by atoms with Crippen LogP contribution in [0.4, 0.5) is 0 Å². The zero-order valence-electron chi connectivity index (χ0n) is 20.9. The number of hydrogen-bond donors (Lipinski definition) is 0. The Morgan fingerprint density at radius 2 is 1.21 bits per heavy atom. The molecule has 0 bridgehead atoms. The summed E-state index contributed by atoms with van der Waals surface area (Å²) < 4.78 is 18.3. The molecule has 0 amide bonds. The van der Waals surface area contributed by atoms with Gasteiger partial charge in [0.1, 0.15) is 0 Å². The van der Waals surface area contributed by atoms with Gasteiger partial charge in [0, 0.05) is 25.7 Å². The fraction of sp³-hybridized carbons (Fsp3) is 1.00. The molecule has 0 N–H and O–H groups in total. The normalized spacial score (nSPS) is 16.1. The second kappa shape index (κ2) is 19.8. The third-order valence-corrected chi connectivity index (χ3v) is 5.69. The molecule has 0 aliphatic carbocycles. The molecule has 4 atom stereocenters. The van der Waals surface area contributed by atoms with Crippen molar-refractivity contribution in [3.05, 3.63) is 0 Å². The van der Waals surface area contributed by atoms with Crippen LogP contribution in [0, 0.1) is 17.8 Å². The molecule has 4 nitrogen and oxygen atoms in total. The fourth-order valence-corrected chi connectivity index (χ4v) is 3.51. The average molecular weight is 416 g/mol. The molecule has 0 aromatic carbocycles. The highest BCUT2D eigenvalue weighted by Gasteiger charge is 2.15. The highest BCUT2D eigenvalue weighted by Crippen LogP contribution is 2.15. The predicted octanol–water partition coefficient (Wildman–Crippen LogP) is 6.04.